The van der Waals surface area contributed by atoms with Gasteiger partial charge in [-0.25, -0.2) is 0 Å². The number of carbonyl (C=O) groups excluding carboxylic acids is 1. The van der Waals surface area contributed by atoms with Gasteiger partial charge in [-0.2, -0.15) is 0 Å². The fraction of sp³-hybridized carbons (Fsp3) is 0.263. The van der Waals surface area contributed by atoms with Crippen LogP contribution >= 0.6 is 0 Å². The molecule has 0 fully saturated rings. The van der Waals surface area contributed by atoms with Crippen LogP contribution in [0.5, 0.6) is 0 Å². The Hall–Kier alpha value is -2.22. The van der Waals surface area contributed by atoms with Crippen LogP contribution in [0, 0.1) is 0 Å². The molecule has 0 spiro atoms. The number of aliphatic imine (C=N–C) groups is 1. The highest BCUT2D eigenvalue weighted by Crippen LogP contribution is 2.14. The third-order valence-corrected chi connectivity index (χ3v) is 3.36. The van der Waals surface area contributed by atoms with Crippen LogP contribution in [0.1, 0.15) is 37.8 Å². The SMILES string of the molecule is CC(=O)CC[C@@H](C)N=C(c1ccccc1)c1ccccc1. The number of hydrogen-bond acceptors (Lipinski definition) is 2. The van der Waals surface area contributed by atoms with Gasteiger partial charge in [0.15, 0.2) is 0 Å². The normalized spacial score (nSPS) is 11.7. The molecule has 2 aromatic carbocycles. The topological polar surface area (TPSA) is 29.4 Å². The van der Waals surface area contributed by atoms with Crippen molar-refractivity contribution in [2.45, 2.75) is 32.7 Å². The van der Waals surface area contributed by atoms with E-state index in [0.29, 0.717) is 6.42 Å². The standard InChI is InChI=1S/C19H21NO/c1-15(13-14-16(2)21)20-19(17-9-5-3-6-10-17)18-11-7-4-8-12-18/h3-12,15H,13-14H2,1-2H3/t15-/m1/s1. The first-order valence-corrected chi connectivity index (χ1v) is 7.35. The van der Waals surface area contributed by atoms with E-state index < -0.39 is 0 Å². The van der Waals surface area contributed by atoms with Gasteiger partial charge in [0.05, 0.1) is 5.71 Å². The molecule has 0 bridgehead atoms. The molecule has 0 aliphatic rings. The Morgan fingerprint density at radius 2 is 1.43 bits per heavy atom. The zero-order valence-corrected chi connectivity index (χ0v) is 12.6. The number of benzene rings is 2. The number of Topliss-reactive ketones (excluding diaryl/α,β-unsaturated/α-hetero) is 1. The first-order chi connectivity index (χ1) is 10.2. The van der Waals surface area contributed by atoms with E-state index in [1.54, 1.807) is 6.92 Å². The predicted molar refractivity (Wildman–Crippen MR) is 87.9 cm³/mol. The van der Waals surface area contributed by atoms with Crippen LogP contribution in [0.3, 0.4) is 0 Å². The van der Waals surface area contributed by atoms with Gasteiger partial charge < -0.3 is 4.79 Å². The molecule has 0 unspecified atom stereocenters. The molecule has 1 atom stereocenters. The number of rotatable bonds is 6. The molecule has 0 heterocycles. The van der Waals surface area contributed by atoms with Gasteiger partial charge in [0, 0.05) is 23.6 Å². The van der Waals surface area contributed by atoms with Crippen molar-refractivity contribution in [2.75, 3.05) is 0 Å². The molecular formula is C19H21NO. The molecule has 0 N–H and O–H groups in total. The monoisotopic (exact) mass is 279 g/mol. The third kappa shape index (κ3) is 4.67. The molecule has 2 aromatic rings. The number of carbonyl (C=O) groups is 1. The maximum atomic E-state index is 11.1. The summed E-state index contributed by atoms with van der Waals surface area (Å²) in [7, 11) is 0. The summed E-state index contributed by atoms with van der Waals surface area (Å²) < 4.78 is 0. The average Bonchev–Trinajstić information content (AvgIpc) is 2.52. The summed E-state index contributed by atoms with van der Waals surface area (Å²) in [4.78, 5) is 16.0. The molecule has 0 aliphatic carbocycles. The molecule has 0 aromatic heterocycles. The Morgan fingerprint density at radius 1 is 0.952 bits per heavy atom. The van der Waals surface area contributed by atoms with Crippen LogP contribution in [0.4, 0.5) is 0 Å². The first-order valence-electron chi connectivity index (χ1n) is 7.35. The van der Waals surface area contributed by atoms with E-state index in [4.69, 9.17) is 4.99 Å². The van der Waals surface area contributed by atoms with Gasteiger partial charge >= 0.3 is 0 Å². The second-order valence-corrected chi connectivity index (χ2v) is 5.30. The van der Waals surface area contributed by atoms with Gasteiger partial charge in [0.25, 0.3) is 0 Å². The maximum absolute atomic E-state index is 11.1. The van der Waals surface area contributed by atoms with E-state index in [-0.39, 0.29) is 11.8 Å². The minimum Gasteiger partial charge on any atom is -0.300 e. The Balaban J connectivity index is 2.30. The summed E-state index contributed by atoms with van der Waals surface area (Å²) >= 11 is 0. The summed E-state index contributed by atoms with van der Waals surface area (Å²) in [5, 5.41) is 0. The number of ketones is 1. The van der Waals surface area contributed by atoms with Crippen molar-refractivity contribution in [3.8, 4) is 0 Å². The Bertz CT molecular complexity index is 560. The zero-order chi connectivity index (χ0) is 15.1. The molecule has 0 radical (unpaired) electrons. The molecule has 21 heavy (non-hydrogen) atoms. The van der Waals surface area contributed by atoms with Gasteiger partial charge in [0.2, 0.25) is 0 Å². The van der Waals surface area contributed by atoms with Crippen molar-refractivity contribution in [1.82, 2.24) is 0 Å². The van der Waals surface area contributed by atoms with Gasteiger partial charge in [-0.15, -0.1) is 0 Å². The van der Waals surface area contributed by atoms with Crippen LogP contribution < -0.4 is 0 Å². The van der Waals surface area contributed by atoms with Gasteiger partial charge in [0.1, 0.15) is 5.78 Å². The second-order valence-electron chi connectivity index (χ2n) is 5.30. The van der Waals surface area contributed by atoms with Crippen molar-refractivity contribution < 1.29 is 4.79 Å². The van der Waals surface area contributed by atoms with E-state index in [2.05, 4.69) is 31.2 Å². The van der Waals surface area contributed by atoms with Gasteiger partial charge in [-0.05, 0) is 20.3 Å². The second kappa shape index (κ2) is 7.53. The van der Waals surface area contributed by atoms with E-state index in [9.17, 15) is 4.79 Å². The van der Waals surface area contributed by atoms with Crippen molar-refractivity contribution in [3.63, 3.8) is 0 Å². The summed E-state index contributed by atoms with van der Waals surface area (Å²) in [6.07, 6.45) is 1.38. The van der Waals surface area contributed by atoms with Crippen molar-refractivity contribution in [3.05, 3.63) is 71.8 Å². The molecule has 0 aliphatic heterocycles. The molecule has 0 saturated carbocycles. The van der Waals surface area contributed by atoms with E-state index >= 15 is 0 Å². The number of hydrogen-bond donors (Lipinski definition) is 0. The summed E-state index contributed by atoms with van der Waals surface area (Å²) in [6, 6.07) is 20.5. The molecule has 2 nitrogen and oxygen atoms in total. The highest BCUT2D eigenvalue weighted by molar-refractivity contribution is 6.12. The van der Waals surface area contributed by atoms with Crippen LogP contribution in [0.25, 0.3) is 0 Å². The maximum Gasteiger partial charge on any atom is 0.129 e. The fourth-order valence-corrected chi connectivity index (χ4v) is 2.20. The lowest BCUT2D eigenvalue weighted by molar-refractivity contribution is -0.117. The Kier molecular flexibility index (Phi) is 5.44. The fourth-order valence-electron chi connectivity index (χ4n) is 2.20. The zero-order valence-electron chi connectivity index (χ0n) is 12.6. The number of nitrogens with zero attached hydrogens (tertiary/aromatic N) is 1. The van der Waals surface area contributed by atoms with Crippen LogP contribution in [0.15, 0.2) is 65.7 Å². The van der Waals surface area contributed by atoms with Crippen molar-refractivity contribution in [2.24, 2.45) is 4.99 Å². The summed E-state index contributed by atoms with van der Waals surface area (Å²) in [5.41, 5.74) is 3.21. The molecule has 108 valence electrons. The highest BCUT2D eigenvalue weighted by atomic mass is 16.1. The lowest BCUT2D eigenvalue weighted by Crippen LogP contribution is -2.10. The van der Waals surface area contributed by atoms with Crippen molar-refractivity contribution in [1.29, 1.82) is 0 Å². The first kappa shape index (κ1) is 15.2. The molecular weight excluding hydrogens is 258 g/mol. The molecule has 0 amide bonds. The molecule has 0 saturated heterocycles. The Morgan fingerprint density at radius 3 is 1.86 bits per heavy atom. The van der Waals surface area contributed by atoms with Gasteiger partial charge in [-0.3, -0.25) is 4.99 Å². The quantitative estimate of drug-likeness (QED) is 0.726. The minimum absolute atomic E-state index is 0.129. The third-order valence-electron chi connectivity index (χ3n) is 3.36. The van der Waals surface area contributed by atoms with Crippen LogP contribution in [0.2, 0.25) is 0 Å². The minimum atomic E-state index is 0.129. The van der Waals surface area contributed by atoms with Crippen molar-refractivity contribution >= 4 is 11.5 Å². The summed E-state index contributed by atoms with van der Waals surface area (Å²) in [6.45, 7) is 3.69. The smallest absolute Gasteiger partial charge is 0.129 e. The average molecular weight is 279 g/mol. The lowest BCUT2D eigenvalue weighted by Gasteiger charge is -2.11. The van der Waals surface area contributed by atoms with Gasteiger partial charge in [-0.1, -0.05) is 60.7 Å². The van der Waals surface area contributed by atoms with E-state index in [1.807, 2.05) is 36.4 Å². The van der Waals surface area contributed by atoms with Crippen LogP contribution in [-0.2, 0) is 4.79 Å². The molecule has 2 heteroatoms. The predicted octanol–water partition coefficient (Wildman–Crippen LogP) is 4.28. The highest BCUT2D eigenvalue weighted by Gasteiger charge is 2.09. The van der Waals surface area contributed by atoms with E-state index in [0.717, 1.165) is 23.3 Å². The lowest BCUT2D eigenvalue weighted by atomic mass is 10.0. The molecule has 2 rings (SSSR count). The largest absolute Gasteiger partial charge is 0.300 e. The van der Waals surface area contributed by atoms with Crippen LogP contribution in [-0.4, -0.2) is 17.5 Å². The Labute approximate surface area is 126 Å². The van der Waals surface area contributed by atoms with E-state index in [1.165, 1.54) is 0 Å². The summed E-state index contributed by atoms with van der Waals surface area (Å²) in [5.74, 6) is 0.220.